The zero-order valence-corrected chi connectivity index (χ0v) is 22.0. The summed E-state index contributed by atoms with van der Waals surface area (Å²) in [5.74, 6) is 0.771. The summed E-state index contributed by atoms with van der Waals surface area (Å²) in [5, 5.41) is 19.7. The van der Waals surface area contributed by atoms with Crippen molar-refractivity contribution in [3.05, 3.63) is 54.4 Å². The maximum absolute atomic E-state index is 11.7. The molecule has 2 aromatic rings. The highest BCUT2D eigenvalue weighted by Gasteiger charge is 2.56. The van der Waals surface area contributed by atoms with Gasteiger partial charge >= 0.3 is 0 Å². The van der Waals surface area contributed by atoms with E-state index in [1.807, 2.05) is 6.20 Å². The van der Waals surface area contributed by atoms with Gasteiger partial charge in [-0.2, -0.15) is 10.2 Å². The number of aromatic nitrogens is 2. The van der Waals surface area contributed by atoms with Crippen LogP contribution in [0.2, 0.25) is 0 Å². The first kappa shape index (κ1) is 24.3. The van der Waals surface area contributed by atoms with Crippen LogP contribution in [0.1, 0.15) is 56.9 Å². The molecule has 7 heteroatoms. The van der Waals surface area contributed by atoms with Crippen LogP contribution in [0.3, 0.4) is 0 Å². The fourth-order valence-electron chi connectivity index (χ4n) is 7.36. The fourth-order valence-corrected chi connectivity index (χ4v) is 7.36. The molecule has 2 aliphatic heterocycles. The summed E-state index contributed by atoms with van der Waals surface area (Å²) in [6.45, 7) is 4.07. The Balaban J connectivity index is 1.19. The SMILES string of the molecule is CN(C)C1(c2ccccc2)CCC2(CC1)CN(C1CCN(c3ccnnc3)CC1)C(O)N2CC1CC1. The van der Waals surface area contributed by atoms with Crippen LogP contribution in [-0.2, 0) is 5.54 Å². The van der Waals surface area contributed by atoms with Crippen molar-refractivity contribution >= 4 is 5.69 Å². The number of rotatable bonds is 6. The number of hydrogen-bond acceptors (Lipinski definition) is 7. The Morgan fingerprint density at radius 1 is 0.944 bits per heavy atom. The van der Waals surface area contributed by atoms with Crippen LogP contribution in [-0.4, -0.2) is 88.2 Å². The highest BCUT2D eigenvalue weighted by molar-refractivity contribution is 5.43. The predicted octanol–water partition coefficient (Wildman–Crippen LogP) is 3.52. The molecule has 0 bridgehead atoms. The van der Waals surface area contributed by atoms with E-state index in [1.54, 1.807) is 6.20 Å². The predicted molar refractivity (Wildman–Crippen MR) is 142 cm³/mol. The third kappa shape index (κ3) is 4.34. The van der Waals surface area contributed by atoms with Crippen LogP contribution < -0.4 is 4.90 Å². The van der Waals surface area contributed by atoms with Crippen LogP contribution in [0.4, 0.5) is 5.69 Å². The lowest BCUT2D eigenvalue weighted by molar-refractivity contribution is -0.105. The molecule has 7 nitrogen and oxygen atoms in total. The molecule has 3 heterocycles. The van der Waals surface area contributed by atoms with E-state index in [2.05, 4.69) is 80.3 Å². The Labute approximate surface area is 216 Å². The van der Waals surface area contributed by atoms with E-state index < -0.39 is 6.35 Å². The van der Waals surface area contributed by atoms with Gasteiger partial charge in [-0.3, -0.25) is 14.7 Å². The molecule has 1 unspecified atom stereocenters. The number of piperidine rings is 1. The first-order valence-corrected chi connectivity index (χ1v) is 14.0. The molecule has 36 heavy (non-hydrogen) atoms. The van der Waals surface area contributed by atoms with E-state index >= 15 is 0 Å². The van der Waals surface area contributed by atoms with E-state index in [9.17, 15) is 5.11 Å². The van der Waals surface area contributed by atoms with Crippen molar-refractivity contribution in [2.45, 2.75) is 74.8 Å². The topological polar surface area (TPSA) is 59.0 Å². The second-order valence-electron chi connectivity index (χ2n) is 11.9. The Hall–Kier alpha value is -2.06. The van der Waals surface area contributed by atoms with Gasteiger partial charge < -0.3 is 10.0 Å². The molecule has 0 radical (unpaired) electrons. The normalized spacial score (nSPS) is 32.6. The van der Waals surface area contributed by atoms with Crippen LogP contribution in [0.15, 0.2) is 48.8 Å². The van der Waals surface area contributed by atoms with Crippen LogP contribution >= 0.6 is 0 Å². The molecule has 2 aliphatic carbocycles. The molecular formula is C29H42N6O. The first-order chi connectivity index (χ1) is 17.5. The van der Waals surface area contributed by atoms with Gasteiger partial charge in [-0.05, 0) is 83.0 Å². The van der Waals surface area contributed by atoms with Crippen molar-refractivity contribution in [3.8, 4) is 0 Å². The average Bonchev–Trinajstić information content (AvgIpc) is 3.72. The fraction of sp³-hybridized carbons (Fsp3) is 0.655. The average molecular weight is 491 g/mol. The summed E-state index contributed by atoms with van der Waals surface area (Å²) in [7, 11) is 4.49. The second-order valence-corrected chi connectivity index (χ2v) is 11.9. The van der Waals surface area contributed by atoms with Gasteiger partial charge in [-0.25, -0.2) is 0 Å². The van der Waals surface area contributed by atoms with Crippen molar-refractivity contribution in [2.24, 2.45) is 5.92 Å². The molecule has 1 atom stereocenters. The molecule has 4 aliphatic rings. The van der Waals surface area contributed by atoms with Crippen molar-refractivity contribution in [1.82, 2.24) is 24.9 Å². The Bertz CT molecular complexity index is 997. The van der Waals surface area contributed by atoms with Gasteiger partial charge in [0.2, 0.25) is 0 Å². The summed E-state index contributed by atoms with van der Waals surface area (Å²) in [6.07, 6.45) is 12.6. The highest BCUT2D eigenvalue weighted by atomic mass is 16.3. The quantitative estimate of drug-likeness (QED) is 0.665. The molecule has 0 amide bonds. The summed E-state index contributed by atoms with van der Waals surface area (Å²) in [6, 6.07) is 13.6. The lowest BCUT2D eigenvalue weighted by Crippen LogP contribution is -2.56. The monoisotopic (exact) mass is 490 g/mol. The zero-order valence-electron chi connectivity index (χ0n) is 22.0. The maximum atomic E-state index is 11.7. The number of aliphatic hydroxyl groups excluding tert-OH is 1. The molecule has 1 N–H and O–H groups in total. The molecule has 2 saturated heterocycles. The van der Waals surface area contributed by atoms with Crippen LogP contribution in [0.5, 0.6) is 0 Å². The van der Waals surface area contributed by atoms with Gasteiger partial charge in [0, 0.05) is 43.3 Å². The van der Waals surface area contributed by atoms with Crippen molar-refractivity contribution in [3.63, 3.8) is 0 Å². The minimum Gasteiger partial charge on any atom is -0.370 e. The maximum Gasteiger partial charge on any atom is 0.166 e. The Kier molecular flexibility index (Phi) is 6.53. The molecule has 1 aromatic carbocycles. The molecule has 1 spiro atoms. The smallest absolute Gasteiger partial charge is 0.166 e. The molecule has 1 aromatic heterocycles. The molecular weight excluding hydrogens is 448 g/mol. The standard InChI is InChI=1S/C29H42N6O/c1-32(2)29(24-6-4-3-5-7-24)15-13-28(14-16-29)22-34(27(36)35(28)21-23-8-9-23)25-11-18-33(19-12-25)26-10-17-30-31-20-26/h3-7,10,17,20,23,25,27,36H,8-9,11-16,18-19,21-22H2,1-2H3. The van der Waals surface area contributed by atoms with Crippen LogP contribution in [0, 0.1) is 5.92 Å². The van der Waals surface area contributed by atoms with E-state index in [-0.39, 0.29) is 11.1 Å². The number of nitrogens with zero attached hydrogens (tertiary/aromatic N) is 6. The third-order valence-corrected chi connectivity index (χ3v) is 9.86. The second kappa shape index (κ2) is 9.67. The summed E-state index contributed by atoms with van der Waals surface area (Å²) < 4.78 is 0. The van der Waals surface area contributed by atoms with Gasteiger partial charge in [-0.1, -0.05) is 30.3 Å². The molecule has 6 rings (SSSR count). The largest absolute Gasteiger partial charge is 0.370 e. The van der Waals surface area contributed by atoms with E-state index in [4.69, 9.17) is 0 Å². The lowest BCUT2D eigenvalue weighted by Gasteiger charge is -2.51. The summed E-state index contributed by atoms with van der Waals surface area (Å²) in [5.41, 5.74) is 2.76. The minimum absolute atomic E-state index is 0.0834. The first-order valence-electron chi connectivity index (χ1n) is 14.0. The molecule has 2 saturated carbocycles. The van der Waals surface area contributed by atoms with Gasteiger partial charge in [0.25, 0.3) is 0 Å². The minimum atomic E-state index is -0.451. The zero-order chi connectivity index (χ0) is 24.8. The van der Waals surface area contributed by atoms with Crippen molar-refractivity contribution in [2.75, 3.05) is 45.2 Å². The van der Waals surface area contributed by atoms with Gasteiger partial charge in [0.1, 0.15) is 0 Å². The lowest BCUT2D eigenvalue weighted by atomic mass is 9.68. The van der Waals surface area contributed by atoms with Crippen molar-refractivity contribution < 1.29 is 5.11 Å². The van der Waals surface area contributed by atoms with Gasteiger partial charge in [0.15, 0.2) is 6.35 Å². The van der Waals surface area contributed by atoms with Crippen LogP contribution in [0.25, 0.3) is 0 Å². The van der Waals surface area contributed by atoms with Crippen molar-refractivity contribution in [1.29, 1.82) is 0 Å². The number of anilines is 1. The van der Waals surface area contributed by atoms with Gasteiger partial charge in [0.05, 0.1) is 18.1 Å². The van der Waals surface area contributed by atoms with E-state index in [1.165, 1.54) is 18.4 Å². The van der Waals surface area contributed by atoms with Gasteiger partial charge in [-0.15, -0.1) is 0 Å². The summed E-state index contributed by atoms with van der Waals surface area (Å²) in [4.78, 5) is 9.87. The molecule has 4 fully saturated rings. The highest BCUT2D eigenvalue weighted by Crippen LogP contribution is 2.51. The Morgan fingerprint density at radius 2 is 1.67 bits per heavy atom. The number of aliphatic hydroxyl groups is 1. The Morgan fingerprint density at radius 3 is 2.28 bits per heavy atom. The molecule has 194 valence electrons. The number of benzene rings is 1. The third-order valence-electron chi connectivity index (χ3n) is 9.86. The van der Waals surface area contributed by atoms with E-state index in [0.29, 0.717) is 6.04 Å². The number of hydrogen-bond donors (Lipinski definition) is 1. The van der Waals surface area contributed by atoms with E-state index in [0.717, 1.165) is 76.3 Å². The summed E-state index contributed by atoms with van der Waals surface area (Å²) >= 11 is 0.